The van der Waals surface area contributed by atoms with Gasteiger partial charge in [-0.25, -0.2) is 4.79 Å². The van der Waals surface area contributed by atoms with E-state index in [0.717, 1.165) is 5.56 Å². The van der Waals surface area contributed by atoms with E-state index < -0.39 is 18.5 Å². The summed E-state index contributed by atoms with van der Waals surface area (Å²) in [6, 6.07) is 15.2. The molecular weight excluding hydrogens is 338 g/mol. The van der Waals surface area contributed by atoms with Crippen molar-refractivity contribution in [2.24, 2.45) is 0 Å². The summed E-state index contributed by atoms with van der Waals surface area (Å²) in [6.07, 6.45) is 0. The first-order valence-electron chi connectivity index (χ1n) is 7.71. The molecule has 0 saturated heterocycles. The number of esters is 1. The standard InChI is InChI=1S/C18H15N3O5/c22-10-12-6-8-14(9-7-12)17(24)25-11-15(23)19-18-21-20-16(26-18)13-4-2-1-3-5-13/h1-9,22H,10-11H2,(H,19,21,23). The maximum Gasteiger partial charge on any atom is 0.338 e. The number of nitrogens with one attached hydrogen (secondary N) is 1. The molecule has 0 aliphatic carbocycles. The van der Waals surface area contributed by atoms with Crippen LogP contribution in [0.1, 0.15) is 15.9 Å². The van der Waals surface area contributed by atoms with E-state index in [2.05, 4.69) is 15.5 Å². The van der Waals surface area contributed by atoms with Crippen LogP contribution in [-0.4, -0.2) is 33.8 Å². The maximum absolute atomic E-state index is 11.9. The molecule has 0 unspecified atom stereocenters. The van der Waals surface area contributed by atoms with E-state index in [1.54, 1.807) is 24.3 Å². The van der Waals surface area contributed by atoms with Crippen LogP contribution in [0.4, 0.5) is 6.01 Å². The van der Waals surface area contributed by atoms with Gasteiger partial charge >= 0.3 is 12.0 Å². The van der Waals surface area contributed by atoms with Crippen LogP contribution in [0.3, 0.4) is 0 Å². The zero-order valence-corrected chi connectivity index (χ0v) is 13.6. The minimum atomic E-state index is -0.653. The van der Waals surface area contributed by atoms with Crippen molar-refractivity contribution in [2.75, 3.05) is 11.9 Å². The van der Waals surface area contributed by atoms with Crippen LogP contribution >= 0.6 is 0 Å². The second-order valence-electron chi connectivity index (χ2n) is 5.26. The summed E-state index contributed by atoms with van der Waals surface area (Å²) >= 11 is 0. The molecule has 3 rings (SSSR count). The van der Waals surface area contributed by atoms with Gasteiger partial charge in [0.25, 0.3) is 5.91 Å². The molecule has 132 valence electrons. The van der Waals surface area contributed by atoms with Gasteiger partial charge in [-0.15, -0.1) is 5.10 Å². The predicted octanol–water partition coefficient (Wildman–Crippen LogP) is 2.02. The van der Waals surface area contributed by atoms with E-state index in [4.69, 9.17) is 14.3 Å². The fourth-order valence-electron chi connectivity index (χ4n) is 2.09. The molecule has 2 N–H and O–H groups in total. The van der Waals surface area contributed by atoms with E-state index in [0.29, 0.717) is 5.56 Å². The Morgan fingerprint density at radius 2 is 1.77 bits per heavy atom. The van der Waals surface area contributed by atoms with Crippen molar-refractivity contribution in [1.82, 2.24) is 10.2 Å². The van der Waals surface area contributed by atoms with Crippen molar-refractivity contribution in [3.05, 3.63) is 65.7 Å². The van der Waals surface area contributed by atoms with E-state index in [1.165, 1.54) is 12.1 Å². The van der Waals surface area contributed by atoms with Gasteiger partial charge in [0.05, 0.1) is 12.2 Å². The number of carbonyl (C=O) groups excluding carboxylic acids is 2. The lowest BCUT2D eigenvalue weighted by molar-refractivity contribution is -0.119. The Bertz CT molecular complexity index is 891. The van der Waals surface area contributed by atoms with Gasteiger partial charge in [0, 0.05) is 5.56 Å². The Labute approximate surface area is 148 Å². The highest BCUT2D eigenvalue weighted by Crippen LogP contribution is 2.18. The summed E-state index contributed by atoms with van der Waals surface area (Å²) < 4.78 is 10.3. The Balaban J connectivity index is 1.52. The number of hydrogen-bond acceptors (Lipinski definition) is 7. The molecule has 8 nitrogen and oxygen atoms in total. The van der Waals surface area contributed by atoms with Crippen molar-refractivity contribution in [2.45, 2.75) is 6.61 Å². The molecular formula is C18H15N3O5. The van der Waals surface area contributed by atoms with Gasteiger partial charge in [0.1, 0.15) is 0 Å². The van der Waals surface area contributed by atoms with E-state index in [1.807, 2.05) is 18.2 Å². The zero-order valence-electron chi connectivity index (χ0n) is 13.6. The van der Waals surface area contributed by atoms with Crippen molar-refractivity contribution >= 4 is 17.9 Å². The van der Waals surface area contributed by atoms with Crippen LogP contribution in [0.2, 0.25) is 0 Å². The van der Waals surface area contributed by atoms with Crippen molar-refractivity contribution < 1.29 is 23.8 Å². The number of amides is 1. The molecule has 0 bridgehead atoms. The lowest BCUT2D eigenvalue weighted by atomic mass is 10.1. The first kappa shape index (κ1) is 17.3. The number of benzene rings is 2. The molecule has 3 aromatic rings. The molecule has 8 heteroatoms. The summed E-state index contributed by atoms with van der Waals surface area (Å²) in [6.45, 7) is -0.615. The Kier molecular flexibility index (Phi) is 5.35. The monoisotopic (exact) mass is 353 g/mol. The summed E-state index contributed by atoms with van der Waals surface area (Å²) in [7, 11) is 0. The molecule has 0 spiro atoms. The summed E-state index contributed by atoms with van der Waals surface area (Å²) in [4.78, 5) is 23.7. The molecule has 0 aliphatic rings. The first-order valence-corrected chi connectivity index (χ1v) is 7.71. The number of nitrogens with zero attached hydrogens (tertiary/aromatic N) is 2. The number of aromatic nitrogens is 2. The van der Waals surface area contributed by atoms with Gasteiger partial charge in [0.2, 0.25) is 5.89 Å². The number of anilines is 1. The van der Waals surface area contributed by atoms with E-state index in [9.17, 15) is 9.59 Å². The summed E-state index contributed by atoms with van der Waals surface area (Å²) in [5.41, 5.74) is 1.67. The normalized spacial score (nSPS) is 10.3. The topological polar surface area (TPSA) is 115 Å². The Hall–Kier alpha value is -3.52. The molecule has 1 heterocycles. The van der Waals surface area contributed by atoms with Gasteiger partial charge in [-0.1, -0.05) is 35.4 Å². The van der Waals surface area contributed by atoms with Crippen LogP contribution in [0, 0.1) is 0 Å². The first-order chi connectivity index (χ1) is 12.7. The molecule has 2 aromatic carbocycles. The maximum atomic E-state index is 11.9. The number of ether oxygens (including phenoxy) is 1. The van der Waals surface area contributed by atoms with Gasteiger partial charge in [-0.2, -0.15) is 0 Å². The quantitative estimate of drug-likeness (QED) is 0.652. The molecule has 0 fully saturated rings. The number of hydrogen-bond donors (Lipinski definition) is 2. The lowest BCUT2D eigenvalue weighted by Crippen LogP contribution is -2.21. The number of carbonyl (C=O) groups is 2. The van der Waals surface area contributed by atoms with Gasteiger partial charge in [-0.3, -0.25) is 10.1 Å². The predicted molar refractivity (Wildman–Crippen MR) is 91.0 cm³/mol. The third-order valence-electron chi connectivity index (χ3n) is 3.40. The van der Waals surface area contributed by atoms with E-state index >= 15 is 0 Å². The lowest BCUT2D eigenvalue weighted by Gasteiger charge is -2.04. The Morgan fingerprint density at radius 3 is 2.46 bits per heavy atom. The number of aliphatic hydroxyl groups is 1. The second-order valence-corrected chi connectivity index (χ2v) is 5.26. The third-order valence-corrected chi connectivity index (χ3v) is 3.40. The van der Waals surface area contributed by atoms with Crippen molar-refractivity contribution in [3.63, 3.8) is 0 Å². The van der Waals surface area contributed by atoms with Gasteiger partial charge in [0.15, 0.2) is 6.61 Å². The highest BCUT2D eigenvalue weighted by molar-refractivity contribution is 5.94. The van der Waals surface area contributed by atoms with Crippen LogP contribution in [-0.2, 0) is 16.1 Å². The average Bonchev–Trinajstić information content (AvgIpc) is 3.15. The fraction of sp³-hybridized carbons (Fsp3) is 0.111. The molecule has 1 aromatic heterocycles. The molecule has 0 saturated carbocycles. The molecule has 0 atom stereocenters. The minimum absolute atomic E-state index is 0.0859. The van der Waals surface area contributed by atoms with Crippen LogP contribution in [0.25, 0.3) is 11.5 Å². The summed E-state index contributed by atoms with van der Waals surface area (Å²) in [5.74, 6) is -0.990. The van der Waals surface area contributed by atoms with E-state index in [-0.39, 0.29) is 24.1 Å². The molecule has 0 aliphatic heterocycles. The highest BCUT2D eigenvalue weighted by atomic mass is 16.5. The molecule has 1 amide bonds. The number of rotatable bonds is 6. The van der Waals surface area contributed by atoms with Crippen LogP contribution in [0.5, 0.6) is 0 Å². The average molecular weight is 353 g/mol. The van der Waals surface area contributed by atoms with Crippen molar-refractivity contribution in [1.29, 1.82) is 0 Å². The smallest absolute Gasteiger partial charge is 0.338 e. The largest absolute Gasteiger partial charge is 0.452 e. The number of aliphatic hydroxyl groups excluding tert-OH is 1. The Morgan fingerprint density at radius 1 is 1.04 bits per heavy atom. The van der Waals surface area contributed by atoms with Gasteiger partial charge < -0.3 is 14.3 Å². The van der Waals surface area contributed by atoms with Gasteiger partial charge in [-0.05, 0) is 29.8 Å². The fourth-order valence-corrected chi connectivity index (χ4v) is 2.09. The molecule has 0 radical (unpaired) electrons. The summed E-state index contributed by atoms with van der Waals surface area (Å²) in [5, 5.41) is 18.9. The van der Waals surface area contributed by atoms with Crippen LogP contribution in [0.15, 0.2) is 59.0 Å². The zero-order chi connectivity index (χ0) is 18.4. The second kappa shape index (κ2) is 8.04. The van der Waals surface area contributed by atoms with Crippen molar-refractivity contribution in [3.8, 4) is 11.5 Å². The minimum Gasteiger partial charge on any atom is -0.452 e. The molecule has 26 heavy (non-hydrogen) atoms. The van der Waals surface area contributed by atoms with Crippen LogP contribution < -0.4 is 5.32 Å². The highest BCUT2D eigenvalue weighted by Gasteiger charge is 2.14. The SMILES string of the molecule is O=C(COC(=O)c1ccc(CO)cc1)Nc1nnc(-c2ccccc2)o1. The third kappa shape index (κ3) is 4.31.